The molecule has 1 rings (SSSR count). The van der Waals surface area contributed by atoms with E-state index >= 15 is 0 Å². The maximum atomic E-state index is 9.11. The van der Waals surface area contributed by atoms with Gasteiger partial charge >= 0.3 is 0 Å². The van der Waals surface area contributed by atoms with Crippen LogP contribution in [0.15, 0.2) is 59.3 Å². The molecule has 0 aromatic rings. The standard InChI is InChI=1S/C20H30O/c1-16(10-7-6-8-12-18(3)21)13-14-19-17(2)11-9-15-20(19,4)5/h6-8,10,12-14,18,21H,9,11,15H2,1-5H3/b7-6+,12-8+,14-13+,16-10-. The Bertz CT molecular complexity index is 482. The lowest BCUT2D eigenvalue weighted by Gasteiger charge is -2.32. The van der Waals surface area contributed by atoms with E-state index in [2.05, 4.69) is 45.9 Å². The Labute approximate surface area is 130 Å². The van der Waals surface area contributed by atoms with Crippen LogP contribution in [-0.2, 0) is 0 Å². The van der Waals surface area contributed by atoms with Crippen LogP contribution in [0.4, 0.5) is 0 Å². The summed E-state index contributed by atoms with van der Waals surface area (Å²) in [6.07, 6.45) is 17.6. The number of aliphatic hydroxyl groups is 1. The van der Waals surface area contributed by atoms with Gasteiger partial charge in [-0.3, -0.25) is 0 Å². The van der Waals surface area contributed by atoms with Gasteiger partial charge < -0.3 is 5.11 Å². The number of allylic oxidation sites excluding steroid dienone is 9. The minimum atomic E-state index is -0.386. The van der Waals surface area contributed by atoms with Crippen LogP contribution in [0.2, 0.25) is 0 Å². The smallest absolute Gasteiger partial charge is 0.0695 e. The topological polar surface area (TPSA) is 20.2 Å². The van der Waals surface area contributed by atoms with Crippen LogP contribution in [0.3, 0.4) is 0 Å². The van der Waals surface area contributed by atoms with Crippen molar-refractivity contribution in [1.29, 1.82) is 0 Å². The van der Waals surface area contributed by atoms with Gasteiger partial charge in [-0.1, -0.05) is 67.5 Å². The zero-order valence-electron chi connectivity index (χ0n) is 14.2. The summed E-state index contributed by atoms with van der Waals surface area (Å²) in [7, 11) is 0. The van der Waals surface area contributed by atoms with Crippen LogP contribution in [0, 0.1) is 5.41 Å². The van der Waals surface area contributed by atoms with Crippen molar-refractivity contribution >= 4 is 0 Å². The maximum absolute atomic E-state index is 9.11. The Morgan fingerprint density at radius 3 is 2.57 bits per heavy atom. The van der Waals surface area contributed by atoms with Crippen molar-refractivity contribution in [2.24, 2.45) is 5.41 Å². The molecule has 1 aliphatic carbocycles. The van der Waals surface area contributed by atoms with Gasteiger partial charge in [0.25, 0.3) is 0 Å². The molecule has 1 unspecified atom stereocenters. The molecule has 1 aliphatic rings. The first-order valence-corrected chi connectivity index (χ1v) is 7.91. The van der Waals surface area contributed by atoms with E-state index in [1.807, 2.05) is 18.2 Å². The third-order valence-electron chi connectivity index (χ3n) is 4.03. The molecule has 1 atom stereocenters. The highest BCUT2D eigenvalue weighted by Crippen LogP contribution is 2.40. The monoisotopic (exact) mass is 286 g/mol. The van der Waals surface area contributed by atoms with Gasteiger partial charge in [0, 0.05) is 0 Å². The van der Waals surface area contributed by atoms with Crippen molar-refractivity contribution in [3.8, 4) is 0 Å². The summed E-state index contributed by atoms with van der Waals surface area (Å²) in [6, 6.07) is 0. The van der Waals surface area contributed by atoms with E-state index in [1.54, 1.807) is 13.0 Å². The van der Waals surface area contributed by atoms with Crippen molar-refractivity contribution in [2.45, 2.75) is 60.0 Å². The molecule has 0 saturated carbocycles. The summed E-state index contributed by atoms with van der Waals surface area (Å²) in [6.45, 7) is 10.8. The third kappa shape index (κ3) is 6.31. The van der Waals surface area contributed by atoms with E-state index in [0.717, 1.165) is 0 Å². The van der Waals surface area contributed by atoms with Gasteiger partial charge in [0.1, 0.15) is 0 Å². The normalized spacial score (nSPS) is 21.9. The Balaban J connectivity index is 2.71. The summed E-state index contributed by atoms with van der Waals surface area (Å²) in [5.41, 5.74) is 4.57. The van der Waals surface area contributed by atoms with Crippen LogP contribution in [0.25, 0.3) is 0 Å². The average Bonchev–Trinajstić information content (AvgIpc) is 2.36. The summed E-state index contributed by atoms with van der Waals surface area (Å²) < 4.78 is 0. The molecule has 0 saturated heterocycles. The molecule has 21 heavy (non-hydrogen) atoms. The van der Waals surface area contributed by atoms with Gasteiger partial charge in [-0.15, -0.1) is 0 Å². The first-order chi connectivity index (χ1) is 9.83. The highest BCUT2D eigenvalue weighted by Gasteiger charge is 2.26. The minimum Gasteiger partial charge on any atom is -0.389 e. The van der Waals surface area contributed by atoms with Crippen LogP contribution in [0.1, 0.15) is 53.9 Å². The summed E-state index contributed by atoms with van der Waals surface area (Å²) in [5, 5.41) is 9.11. The average molecular weight is 286 g/mol. The molecule has 0 bridgehead atoms. The number of hydrogen-bond donors (Lipinski definition) is 1. The molecule has 0 spiro atoms. The number of rotatable bonds is 5. The van der Waals surface area contributed by atoms with Gasteiger partial charge in [0.2, 0.25) is 0 Å². The molecule has 0 radical (unpaired) electrons. The van der Waals surface area contributed by atoms with Gasteiger partial charge in [0.15, 0.2) is 0 Å². The minimum absolute atomic E-state index is 0.301. The lowest BCUT2D eigenvalue weighted by molar-refractivity contribution is 0.244. The fourth-order valence-corrected chi connectivity index (χ4v) is 2.78. The molecule has 0 fully saturated rings. The summed E-state index contributed by atoms with van der Waals surface area (Å²) >= 11 is 0. The van der Waals surface area contributed by atoms with E-state index < -0.39 is 0 Å². The van der Waals surface area contributed by atoms with Crippen molar-refractivity contribution in [3.05, 3.63) is 59.3 Å². The van der Waals surface area contributed by atoms with E-state index in [4.69, 9.17) is 5.11 Å². The molecular weight excluding hydrogens is 256 g/mol. The second kappa shape index (κ2) is 8.19. The zero-order valence-corrected chi connectivity index (χ0v) is 14.2. The molecule has 116 valence electrons. The first-order valence-electron chi connectivity index (χ1n) is 7.91. The fourth-order valence-electron chi connectivity index (χ4n) is 2.78. The molecule has 0 aromatic heterocycles. The van der Waals surface area contributed by atoms with Gasteiger partial charge in [0.05, 0.1) is 6.10 Å². The number of hydrogen-bond acceptors (Lipinski definition) is 1. The second-order valence-electron chi connectivity index (χ2n) is 6.69. The van der Waals surface area contributed by atoms with Crippen LogP contribution < -0.4 is 0 Å². The zero-order chi connectivity index (χ0) is 15.9. The Morgan fingerprint density at radius 2 is 1.95 bits per heavy atom. The molecular formula is C20H30O. The van der Waals surface area contributed by atoms with Gasteiger partial charge in [-0.05, 0) is 51.0 Å². The molecule has 0 aromatic carbocycles. The Morgan fingerprint density at radius 1 is 1.24 bits per heavy atom. The Hall–Kier alpha value is -1.34. The molecule has 0 heterocycles. The summed E-state index contributed by atoms with van der Waals surface area (Å²) in [5.74, 6) is 0. The quantitative estimate of drug-likeness (QED) is 0.661. The molecule has 1 nitrogen and oxygen atoms in total. The van der Waals surface area contributed by atoms with Crippen molar-refractivity contribution in [3.63, 3.8) is 0 Å². The SMILES string of the molecule is CC1=C(/C=C/C(C)=C\C=C\C=C\C(C)O)C(C)(C)CCC1. The van der Waals surface area contributed by atoms with Crippen LogP contribution in [-0.4, -0.2) is 11.2 Å². The first kappa shape index (κ1) is 17.7. The van der Waals surface area contributed by atoms with E-state index in [-0.39, 0.29) is 6.10 Å². The van der Waals surface area contributed by atoms with Crippen molar-refractivity contribution in [1.82, 2.24) is 0 Å². The Kier molecular flexibility index (Phi) is 6.91. The second-order valence-corrected chi connectivity index (χ2v) is 6.69. The van der Waals surface area contributed by atoms with E-state index in [0.29, 0.717) is 5.41 Å². The molecule has 1 N–H and O–H groups in total. The third-order valence-corrected chi connectivity index (χ3v) is 4.03. The van der Waals surface area contributed by atoms with E-state index in [1.165, 1.54) is 36.0 Å². The van der Waals surface area contributed by atoms with Gasteiger partial charge in [-0.25, -0.2) is 0 Å². The molecule has 0 aliphatic heterocycles. The fraction of sp³-hybridized carbons (Fsp3) is 0.500. The van der Waals surface area contributed by atoms with Crippen LogP contribution >= 0.6 is 0 Å². The van der Waals surface area contributed by atoms with Crippen LogP contribution in [0.5, 0.6) is 0 Å². The number of aliphatic hydroxyl groups excluding tert-OH is 1. The van der Waals surface area contributed by atoms with Crippen molar-refractivity contribution < 1.29 is 5.11 Å². The predicted molar refractivity (Wildman–Crippen MR) is 93.2 cm³/mol. The predicted octanol–water partition coefficient (Wildman–Crippen LogP) is 5.51. The highest BCUT2D eigenvalue weighted by atomic mass is 16.3. The van der Waals surface area contributed by atoms with E-state index in [9.17, 15) is 0 Å². The largest absolute Gasteiger partial charge is 0.389 e. The molecule has 0 amide bonds. The highest BCUT2D eigenvalue weighted by molar-refractivity contribution is 5.36. The maximum Gasteiger partial charge on any atom is 0.0695 e. The van der Waals surface area contributed by atoms with Gasteiger partial charge in [-0.2, -0.15) is 0 Å². The molecule has 1 heteroatoms. The summed E-state index contributed by atoms with van der Waals surface area (Å²) in [4.78, 5) is 0. The van der Waals surface area contributed by atoms with Crippen molar-refractivity contribution in [2.75, 3.05) is 0 Å². The lowest BCUT2D eigenvalue weighted by atomic mass is 9.72. The lowest BCUT2D eigenvalue weighted by Crippen LogP contribution is -2.19.